The normalized spacial score (nSPS) is 9.85. The van der Waals surface area contributed by atoms with Crippen molar-refractivity contribution in [1.29, 1.82) is 0 Å². The molecule has 6 heteroatoms. The molecule has 0 radical (unpaired) electrons. The fourth-order valence-electron chi connectivity index (χ4n) is 1.50. The van der Waals surface area contributed by atoms with E-state index >= 15 is 0 Å². The van der Waals surface area contributed by atoms with E-state index in [1.54, 1.807) is 0 Å². The van der Waals surface area contributed by atoms with Crippen molar-refractivity contribution in [2.75, 3.05) is 18.1 Å². The average Bonchev–Trinajstić information content (AvgIpc) is 2.43. The highest BCUT2D eigenvalue weighted by Gasteiger charge is 2.02. The first-order valence-electron chi connectivity index (χ1n) is 5.89. The maximum absolute atomic E-state index is 8.63. The first kappa shape index (κ1) is 14.2. The first-order chi connectivity index (χ1) is 9.67. The number of nitrogens with zero attached hydrogens (tertiary/aromatic N) is 2. The Labute approximate surface area is 121 Å². The monoisotopic (exact) mass is 286 g/mol. The molecule has 0 saturated carbocycles. The van der Waals surface area contributed by atoms with Gasteiger partial charge in [-0.3, -0.25) is 0 Å². The summed E-state index contributed by atoms with van der Waals surface area (Å²) in [6.45, 7) is -0.133. The van der Waals surface area contributed by atoms with Crippen molar-refractivity contribution < 1.29 is 5.11 Å². The average molecular weight is 286 g/mol. The number of aromatic nitrogens is 2. The van der Waals surface area contributed by atoms with E-state index in [0.29, 0.717) is 16.8 Å². The molecule has 0 aliphatic rings. The zero-order valence-electron chi connectivity index (χ0n) is 10.7. The minimum Gasteiger partial charge on any atom is -0.384 e. The molecule has 0 aliphatic carbocycles. The summed E-state index contributed by atoms with van der Waals surface area (Å²) in [5.74, 6) is 6.91. The van der Waals surface area contributed by atoms with Gasteiger partial charge in [0, 0.05) is 17.4 Å². The highest BCUT2D eigenvalue weighted by Crippen LogP contribution is 2.21. The Morgan fingerprint density at radius 1 is 1.10 bits per heavy atom. The number of aliphatic hydroxyl groups excluding tert-OH is 1. The van der Waals surface area contributed by atoms with Crippen molar-refractivity contribution in [2.24, 2.45) is 0 Å². The zero-order valence-corrected chi connectivity index (χ0v) is 11.5. The molecule has 5 nitrogen and oxygen atoms in total. The summed E-state index contributed by atoms with van der Waals surface area (Å²) in [4.78, 5) is 8.21. The molecular weight excluding hydrogens is 272 g/mol. The number of aliphatic hydroxyl groups is 1. The van der Waals surface area contributed by atoms with Gasteiger partial charge in [0.2, 0.25) is 0 Å². The standard InChI is InChI=1S/C14H14N4OS/c15-12-8-13(16)18-14(17-12)20-9-11-5-3-10(4-6-11)2-1-7-19/h3-6,8,19H,7,9H2,(H4,15,16,17,18). The van der Waals surface area contributed by atoms with Crippen molar-refractivity contribution in [1.82, 2.24) is 9.97 Å². The molecule has 2 aromatic rings. The molecule has 0 aliphatic heterocycles. The Balaban J connectivity index is 2.00. The van der Waals surface area contributed by atoms with Crippen LogP contribution >= 0.6 is 11.8 Å². The maximum Gasteiger partial charge on any atom is 0.191 e. The van der Waals surface area contributed by atoms with Crippen LogP contribution in [0.5, 0.6) is 0 Å². The molecule has 1 aromatic heterocycles. The number of hydrogen-bond acceptors (Lipinski definition) is 6. The molecule has 5 N–H and O–H groups in total. The van der Waals surface area contributed by atoms with Crippen LogP contribution in [0, 0.1) is 11.8 Å². The van der Waals surface area contributed by atoms with E-state index in [2.05, 4.69) is 21.8 Å². The largest absolute Gasteiger partial charge is 0.384 e. The van der Waals surface area contributed by atoms with Crippen LogP contribution in [0.3, 0.4) is 0 Å². The fraction of sp³-hybridized carbons (Fsp3) is 0.143. The van der Waals surface area contributed by atoms with Crippen LogP contribution in [-0.4, -0.2) is 21.7 Å². The van der Waals surface area contributed by atoms with E-state index in [4.69, 9.17) is 16.6 Å². The molecule has 1 aromatic carbocycles. The molecular formula is C14H14N4OS. The molecule has 0 saturated heterocycles. The van der Waals surface area contributed by atoms with Crippen LogP contribution in [0.1, 0.15) is 11.1 Å². The van der Waals surface area contributed by atoms with Crippen molar-refractivity contribution in [2.45, 2.75) is 10.9 Å². The third-order valence-corrected chi connectivity index (χ3v) is 3.30. The van der Waals surface area contributed by atoms with E-state index in [-0.39, 0.29) is 6.61 Å². The lowest BCUT2D eigenvalue weighted by Gasteiger charge is -2.03. The molecule has 2 rings (SSSR count). The van der Waals surface area contributed by atoms with Gasteiger partial charge in [0.25, 0.3) is 0 Å². The fourth-order valence-corrected chi connectivity index (χ4v) is 2.33. The second-order valence-corrected chi connectivity index (χ2v) is 4.89. The van der Waals surface area contributed by atoms with Gasteiger partial charge >= 0.3 is 0 Å². The number of nitrogens with two attached hydrogens (primary N) is 2. The van der Waals surface area contributed by atoms with E-state index in [1.807, 2.05) is 24.3 Å². The van der Waals surface area contributed by atoms with Crippen molar-refractivity contribution >= 4 is 23.4 Å². The number of benzene rings is 1. The van der Waals surface area contributed by atoms with Gasteiger partial charge in [-0.25, -0.2) is 9.97 Å². The number of nitrogen functional groups attached to an aromatic ring is 2. The lowest BCUT2D eigenvalue weighted by atomic mass is 10.1. The summed E-state index contributed by atoms with van der Waals surface area (Å²) in [7, 11) is 0. The molecule has 0 spiro atoms. The van der Waals surface area contributed by atoms with Gasteiger partial charge in [0.05, 0.1) is 0 Å². The Kier molecular flexibility index (Phi) is 4.82. The third kappa shape index (κ3) is 4.16. The van der Waals surface area contributed by atoms with Crippen LogP contribution in [0.2, 0.25) is 0 Å². The van der Waals surface area contributed by atoms with Crippen molar-refractivity contribution in [3.8, 4) is 11.8 Å². The molecule has 0 atom stereocenters. The van der Waals surface area contributed by atoms with E-state index < -0.39 is 0 Å². The second kappa shape index (κ2) is 6.80. The summed E-state index contributed by atoms with van der Waals surface area (Å²) >= 11 is 1.47. The van der Waals surface area contributed by atoms with Crippen molar-refractivity contribution in [3.63, 3.8) is 0 Å². The summed E-state index contributed by atoms with van der Waals surface area (Å²) in [6, 6.07) is 9.30. The highest BCUT2D eigenvalue weighted by atomic mass is 32.2. The Hall–Kier alpha value is -2.23. The van der Waals surface area contributed by atoms with Crippen LogP contribution in [0.25, 0.3) is 0 Å². The summed E-state index contributed by atoms with van der Waals surface area (Å²) in [6.07, 6.45) is 0. The predicted molar refractivity (Wildman–Crippen MR) is 80.8 cm³/mol. The molecule has 0 bridgehead atoms. The minimum absolute atomic E-state index is 0.133. The molecule has 1 heterocycles. The van der Waals surface area contributed by atoms with Gasteiger partial charge in [-0.2, -0.15) is 0 Å². The molecule has 102 valence electrons. The van der Waals surface area contributed by atoms with Gasteiger partial charge in [-0.1, -0.05) is 35.7 Å². The lowest BCUT2D eigenvalue weighted by molar-refractivity contribution is 0.350. The highest BCUT2D eigenvalue weighted by molar-refractivity contribution is 7.98. The zero-order chi connectivity index (χ0) is 14.4. The molecule has 0 amide bonds. The van der Waals surface area contributed by atoms with E-state index in [0.717, 1.165) is 16.9 Å². The first-order valence-corrected chi connectivity index (χ1v) is 6.87. The van der Waals surface area contributed by atoms with Gasteiger partial charge in [-0.05, 0) is 17.7 Å². The SMILES string of the molecule is Nc1cc(N)nc(SCc2ccc(C#CCO)cc2)n1. The molecule has 0 fully saturated rings. The minimum atomic E-state index is -0.133. The number of rotatable bonds is 3. The Morgan fingerprint density at radius 3 is 2.35 bits per heavy atom. The number of thioether (sulfide) groups is 1. The van der Waals surface area contributed by atoms with Gasteiger partial charge < -0.3 is 16.6 Å². The van der Waals surface area contributed by atoms with Crippen LogP contribution in [-0.2, 0) is 5.75 Å². The van der Waals surface area contributed by atoms with E-state index in [9.17, 15) is 0 Å². The van der Waals surface area contributed by atoms with Crippen LogP contribution in [0.4, 0.5) is 11.6 Å². The number of hydrogen-bond donors (Lipinski definition) is 3. The second-order valence-electron chi connectivity index (χ2n) is 3.95. The van der Waals surface area contributed by atoms with Gasteiger partial charge in [-0.15, -0.1) is 0 Å². The molecule has 0 unspecified atom stereocenters. The summed E-state index contributed by atoms with van der Waals surface area (Å²) < 4.78 is 0. The third-order valence-electron chi connectivity index (χ3n) is 2.38. The summed E-state index contributed by atoms with van der Waals surface area (Å²) in [5.41, 5.74) is 13.2. The smallest absolute Gasteiger partial charge is 0.191 e. The summed E-state index contributed by atoms with van der Waals surface area (Å²) in [5, 5.41) is 9.19. The lowest BCUT2D eigenvalue weighted by Crippen LogP contribution is -1.99. The van der Waals surface area contributed by atoms with Crippen LogP contribution in [0.15, 0.2) is 35.5 Å². The van der Waals surface area contributed by atoms with Gasteiger partial charge in [0.15, 0.2) is 5.16 Å². The number of anilines is 2. The Bertz CT molecular complexity index is 626. The van der Waals surface area contributed by atoms with Gasteiger partial charge in [0.1, 0.15) is 18.2 Å². The quantitative estimate of drug-likeness (QED) is 0.446. The Morgan fingerprint density at radius 2 is 1.75 bits per heavy atom. The predicted octanol–water partition coefficient (Wildman–Crippen LogP) is 1.28. The van der Waals surface area contributed by atoms with Crippen LogP contribution < -0.4 is 11.5 Å². The maximum atomic E-state index is 8.63. The van der Waals surface area contributed by atoms with E-state index in [1.165, 1.54) is 17.8 Å². The topological polar surface area (TPSA) is 98.1 Å². The van der Waals surface area contributed by atoms with Crippen molar-refractivity contribution in [3.05, 3.63) is 41.5 Å². The molecule has 20 heavy (non-hydrogen) atoms.